The second kappa shape index (κ2) is 8.43. The van der Waals surface area contributed by atoms with Crippen molar-refractivity contribution in [2.24, 2.45) is 0 Å². The number of hydrogen-bond donors (Lipinski definition) is 1. The first-order valence-corrected chi connectivity index (χ1v) is 9.81. The van der Waals surface area contributed by atoms with E-state index in [0.717, 1.165) is 18.4 Å². The Morgan fingerprint density at radius 3 is 2.59 bits per heavy atom. The van der Waals surface area contributed by atoms with Crippen LogP contribution in [0, 0.1) is 6.92 Å². The van der Waals surface area contributed by atoms with Gasteiger partial charge >= 0.3 is 0 Å². The molecule has 1 saturated heterocycles. The van der Waals surface area contributed by atoms with Crippen LogP contribution in [-0.2, 0) is 4.79 Å². The standard InChI is InChI=1S/C20H24N2O4S/c1-13-11-16(25-2)17(26-3)12-14(13)21-19(23)15-7-4-5-9-22(15)20(24)18-8-6-10-27-18/h6,8,10-12,15H,4-5,7,9H2,1-3H3,(H,21,23)/t15-/m1/s1. The second-order valence-corrected chi connectivity index (χ2v) is 7.45. The summed E-state index contributed by atoms with van der Waals surface area (Å²) in [6.45, 7) is 2.49. The van der Waals surface area contributed by atoms with Crippen LogP contribution >= 0.6 is 11.3 Å². The summed E-state index contributed by atoms with van der Waals surface area (Å²) in [4.78, 5) is 28.1. The Morgan fingerprint density at radius 1 is 1.19 bits per heavy atom. The first kappa shape index (κ1) is 19.2. The topological polar surface area (TPSA) is 67.9 Å². The first-order chi connectivity index (χ1) is 13.0. The lowest BCUT2D eigenvalue weighted by molar-refractivity contribution is -0.121. The zero-order chi connectivity index (χ0) is 19.4. The summed E-state index contributed by atoms with van der Waals surface area (Å²) in [5.41, 5.74) is 1.53. The van der Waals surface area contributed by atoms with Crippen molar-refractivity contribution in [3.8, 4) is 11.5 Å². The van der Waals surface area contributed by atoms with E-state index < -0.39 is 6.04 Å². The van der Waals surface area contributed by atoms with Gasteiger partial charge in [-0.1, -0.05) is 6.07 Å². The van der Waals surface area contributed by atoms with E-state index in [2.05, 4.69) is 5.32 Å². The first-order valence-electron chi connectivity index (χ1n) is 8.93. The molecular formula is C20H24N2O4S. The SMILES string of the molecule is COc1cc(C)c(NC(=O)[C@H]2CCCCN2C(=O)c2cccs2)cc1OC. The van der Waals surface area contributed by atoms with Gasteiger partial charge in [-0.05, 0) is 49.3 Å². The fraction of sp³-hybridized carbons (Fsp3) is 0.400. The number of amides is 2. The van der Waals surface area contributed by atoms with Crippen molar-refractivity contribution in [3.05, 3.63) is 40.1 Å². The van der Waals surface area contributed by atoms with Crippen molar-refractivity contribution < 1.29 is 19.1 Å². The summed E-state index contributed by atoms with van der Waals surface area (Å²) in [5, 5.41) is 4.85. The van der Waals surface area contributed by atoms with Crippen molar-refractivity contribution in [1.29, 1.82) is 0 Å². The number of nitrogens with one attached hydrogen (secondary N) is 1. The molecule has 1 aliphatic rings. The number of likely N-dealkylation sites (tertiary alicyclic amines) is 1. The van der Waals surface area contributed by atoms with Crippen LogP contribution in [0.25, 0.3) is 0 Å². The number of carbonyl (C=O) groups is 2. The minimum Gasteiger partial charge on any atom is -0.493 e. The van der Waals surface area contributed by atoms with Crippen molar-refractivity contribution in [1.82, 2.24) is 4.90 Å². The number of anilines is 1. The Kier molecular flexibility index (Phi) is 6.01. The van der Waals surface area contributed by atoms with E-state index in [-0.39, 0.29) is 11.8 Å². The Balaban J connectivity index is 1.80. The van der Waals surface area contributed by atoms with Crippen molar-refractivity contribution >= 4 is 28.8 Å². The maximum absolute atomic E-state index is 13.0. The average Bonchev–Trinajstić information content (AvgIpc) is 3.23. The molecule has 3 rings (SSSR count). The maximum atomic E-state index is 13.0. The highest BCUT2D eigenvalue weighted by Gasteiger charge is 2.33. The Bertz CT molecular complexity index is 820. The summed E-state index contributed by atoms with van der Waals surface area (Å²) >= 11 is 1.40. The Hall–Kier alpha value is -2.54. The highest BCUT2D eigenvalue weighted by Crippen LogP contribution is 2.33. The van der Waals surface area contributed by atoms with E-state index >= 15 is 0 Å². The van der Waals surface area contributed by atoms with Gasteiger partial charge in [-0.25, -0.2) is 0 Å². The lowest BCUT2D eigenvalue weighted by Gasteiger charge is -2.34. The molecule has 1 atom stereocenters. The number of piperidine rings is 1. The van der Waals surface area contributed by atoms with Crippen molar-refractivity contribution in [2.45, 2.75) is 32.2 Å². The van der Waals surface area contributed by atoms with Gasteiger partial charge in [0.2, 0.25) is 5.91 Å². The van der Waals surface area contributed by atoms with Crippen LogP contribution in [0.1, 0.15) is 34.5 Å². The molecule has 1 fully saturated rings. The molecule has 144 valence electrons. The summed E-state index contributed by atoms with van der Waals surface area (Å²) in [7, 11) is 3.13. The molecular weight excluding hydrogens is 364 g/mol. The van der Waals surface area contributed by atoms with Gasteiger partial charge in [0.05, 0.1) is 19.1 Å². The molecule has 2 aromatic rings. The number of hydrogen-bond acceptors (Lipinski definition) is 5. The van der Waals surface area contributed by atoms with E-state index in [9.17, 15) is 9.59 Å². The molecule has 1 aromatic heterocycles. The molecule has 0 spiro atoms. The number of aryl methyl sites for hydroxylation is 1. The molecule has 2 heterocycles. The zero-order valence-electron chi connectivity index (χ0n) is 15.8. The van der Waals surface area contributed by atoms with E-state index in [1.54, 1.807) is 31.3 Å². The molecule has 7 heteroatoms. The van der Waals surface area contributed by atoms with Crippen LogP contribution < -0.4 is 14.8 Å². The third-order valence-corrected chi connectivity index (χ3v) is 5.64. The normalized spacial score (nSPS) is 16.7. The monoisotopic (exact) mass is 388 g/mol. The molecule has 1 N–H and O–H groups in total. The van der Waals surface area contributed by atoms with Gasteiger partial charge in [0, 0.05) is 18.3 Å². The van der Waals surface area contributed by atoms with E-state index in [1.165, 1.54) is 11.3 Å². The fourth-order valence-electron chi connectivity index (χ4n) is 3.32. The van der Waals surface area contributed by atoms with E-state index in [4.69, 9.17) is 9.47 Å². The third kappa shape index (κ3) is 4.08. The summed E-state index contributed by atoms with van der Waals surface area (Å²) in [5.74, 6) is 0.914. The molecule has 1 aromatic carbocycles. The number of benzene rings is 1. The van der Waals surface area contributed by atoms with Gasteiger partial charge < -0.3 is 19.7 Å². The number of nitrogens with zero attached hydrogens (tertiary/aromatic N) is 1. The fourth-order valence-corrected chi connectivity index (χ4v) is 4.00. The van der Waals surface area contributed by atoms with Crippen LogP contribution in [0.4, 0.5) is 5.69 Å². The minimum atomic E-state index is -0.471. The number of thiophene rings is 1. The number of methoxy groups -OCH3 is 2. The average molecular weight is 388 g/mol. The van der Waals surface area contributed by atoms with Crippen LogP contribution in [0.3, 0.4) is 0 Å². The molecule has 1 aliphatic heterocycles. The third-order valence-electron chi connectivity index (χ3n) is 4.79. The van der Waals surface area contributed by atoms with Crippen LogP contribution in [0.2, 0.25) is 0 Å². The van der Waals surface area contributed by atoms with Gasteiger partial charge in [0.15, 0.2) is 11.5 Å². The number of rotatable bonds is 5. The largest absolute Gasteiger partial charge is 0.493 e. The van der Waals surface area contributed by atoms with Gasteiger partial charge in [0.1, 0.15) is 6.04 Å². The predicted molar refractivity (Wildman–Crippen MR) is 106 cm³/mol. The Labute approximate surface area is 163 Å². The molecule has 0 radical (unpaired) electrons. The number of carbonyl (C=O) groups excluding carboxylic acids is 2. The van der Waals surface area contributed by atoms with Crippen molar-refractivity contribution in [2.75, 3.05) is 26.1 Å². The van der Waals surface area contributed by atoms with E-state index in [1.807, 2.05) is 24.4 Å². The lowest BCUT2D eigenvalue weighted by atomic mass is 10.0. The maximum Gasteiger partial charge on any atom is 0.264 e. The van der Waals surface area contributed by atoms with Gasteiger partial charge in [-0.15, -0.1) is 11.3 Å². The second-order valence-electron chi connectivity index (χ2n) is 6.50. The highest BCUT2D eigenvalue weighted by atomic mass is 32.1. The van der Waals surface area contributed by atoms with Crippen molar-refractivity contribution in [3.63, 3.8) is 0 Å². The summed E-state index contributed by atoms with van der Waals surface area (Å²) in [6, 6.07) is 6.75. The summed E-state index contributed by atoms with van der Waals surface area (Å²) < 4.78 is 10.6. The quantitative estimate of drug-likeness (QED) is 0.848. The van der Waals surface area contributed by atoms with Gasteiger partial charge in [-0.3, -0.25) is 9.59 Å². The van der Waals surface area contributed by atoms with E-state index in [0.29, 0.717) is 35.0 Å². The minimum absolute atomic E-state index is 0.0751. The molecule has 0 unspecified atom stereocenters. The zero-order valence-corrected chi connectivity index (χ0v) is 16.6. The van der Waals surface area contributed by atoms with Crippen LogP contribution in [0.15, 0.2) is 29.6 Å². The van der Waals surface area contributed by atoms with Gasteiger partial charge in [0.25, 0.3) is 5.91 Å². The molecule has 2 amide bonds. The lowest BCUT2D eigenvalue weighted by Crippen LogP contribution is -2.49. The van der Waals surface area contributed by atoms with Crippen LogP contribution in [0.5, 0.6) is 11.5 Å². The highest BCUT2D eigenvalue weighted by molar-refractivity contribution is 7.12. The molecule has 0 saturated carbocycles. The van der Waals surface area contributed by atoms with Gasteiger partial charge in [-0.2, -0.15) is 0 Å². The smallest absolute Gasteiger partial charge is 0.264 e. The summed E-state index contributed by atoms with van der Waals surface area (Å²) in [6.07, 6.45) is 2.50. The molecule has 27 heavy (non-hydrogen) atoms. The number of ether oxygens (including phenoxy) is 2. The predicted octanol–water partition coefficient (Wildman–Crippen LogP) is 3.71. The molecule has 6 nitrogen and oxygen atoms in total. The molecule has 0 aliphatic carbocycles. The Morgan fingerprint density at radius 2 is 1.93 bits per heavy atom. The molecule has 0 bridgehead atoms. The van der Waals surface area contributed by atoms with Crippen LogP contribution in [-0.4, -0.2) is 43.5 Å².